The van der Waals surface area contributed by atoms with Crippen molar-refractivity contribution in [1.29, 1.82) is 0 Å². The highest BCUT2D eigenvalue weighted by Gasteiger charge is 2.34. The molecular weight excluding hydrogens is 418 g/mol. The van der Waals surface area contributed by atoms with Crippen LogP contribution in [0.4, 0.5) is 5.69 Å². The molecular formula is C25H29N5O3. The molecule has 2 aromatic rings. The lowest BCUT2D eigenvalue weighted by Gasteiger charge is -2.37. The summed E-state index contributed by atoms with van der Waals surface area (Å²) in [7, 11) is 0. The highest BCUT2D eigenvalue weighted by molar-refractivity contribution is 6.39. The van der Waals surface area contributed by atoms with Crippen molar-refractivity contribution in [2.24, 2.45) is 4.99 Å². The molecule has 8 nitrogen and oxygen atoms in total. The Morgan fingerprint density at radius 3 is 2.21 bits per heavy atom. The van der Waals surface area contributed by atoms with Crippen LogP contribution in [-0.4, -0.2) is 65.6 Å². The molecule has 2 heterocycles. The van der Waals surface area contributed by atoms with E-state index in [9.17, 15) is 14.4 Å². The zero-order valence-electron chi connectivity index (χ0n) is 18.8. The number of aryl methyl sites for hydroxylation is 1. The molecule has 1 unspecified atom stereocenters. The number of piperazine rings is 1. The van der Waals surface area contributed by atoms with Crippen molar-refractivity contribution in [1.82, 2.24) is 15.2 Å². The number of aliphatic imine (C=N–C) groups is 1. The number of amides is 3. The van der Waals surface area contributed by atoms with Crippen LogP contribution in [0.15, 0.2) is 65.7 Å². The summed E-state index contributed by atoms with van der Waals surface area (Å²) in [6.45, 7) is 3.56. The fourth-order valence-corrected chi connectivity index (χ4v) is 4.05. The monoisotopic (exact) mass is 447 g/mol. The van der Waals surface area contributed by atoms with Crippen molar-refractivity contribution < 1.29 is 14.4 Å². The van der Waals surface area contributed by atoms with Gasteiger partial charge in [0.05, 0.1) is 5.69 Å². The van der Waals surface area contributed by atoms with E-state index in [0.717, 1.165) is 12.8 Å². The number of hydrazine groups is 1. The van der Waals surface area contributed by atoms with E-state index in [0.29, 0.717) is 38.3 Å². The molecule has 8 heteroatoms. The number of carbonyl (C=O) groups excluding carboxylic acids is 3. The molecule has 33 heavy (non-hydrogen) atoms. The van der Waals surface area contributed by atoms with Gasteiger partial charge in [0.2, 0.25) is 11.7 Å². The second kappa shape index (κ2) is 10.3. The zero-order chi connectivity index (χ0) is 23.2. The topological polar surface area (TPSA) is 85.3 Å². The van der Waals surface area contributed by atoms with Crippen molar-refractivity contribution in [3.8, 4) is 0 Å². The summed E-state index contributed by atoms with van der Waals surface area (Å²) < 4.78 is 0. The minimum absolute atomic E-state index is 0.126. The number of nitrogens with one attached hydrogen (secondary N) is 1. The lowest BCUT2D eigenvalue weighted by molar-refractivity contribution is -0.136. The first-order valence-electron chi connectivity index (χ1n) is 11.4. The molecule has 0 radical (unpaired) electrons. The van der Waals surface area contributed by atoms with E-state index in [-0.39, 0.29) is 23.6 Å². The normalized spacial score (nSPS) is 18.6. The van der Waals surface area contributed by atoms with Crippen molar-refractivity contribution in [2.45, 2.75) is 32.2 Å². The molecule has 1 atom stereocenters. The molecule has 172 valence electrons. The molecule has 2 aliphatic heterocycles. The Labute approximate surface area is 193 Å². The second-order valence-electron chi connectivity index (χ2n) is 8.29. The highest BCUT2D eigenvalue weighted by atomic mass is 16.2. The van der Waals surface area contributed by atoms with Crippen LogP contribution in [0.5, 0.6) is 0 Å². The van der Waals surface area contributed by atoms with Gasteiger partial charge in [0.15, 0.2) is 0 Å². The summed E-state index contributed by atoms with van der Waals surface area (Å²) in [6.07, 6.45) is 2.19. The van der Waals surface area contributed by atoms with Crippen LogP contribution >= 0.6 is 0 Å². The number of hydrogen-bond donors (Lipinski definition) is 1. The maximum absolute atomic E-state index is 13.1. The first-order valence-corrected chi connectivity index (χ1v) is 11.4. The van der Waals surface area contributed by atoms with Gasteiger partial charge in [0.25, 0.3) is 11.8 Å². The van der Waals surface area contributed by atoms with Gasteiger partial charge >= 0.3 is 0 Å². The number of hydrogen-bond acceptors (Lipinski definition) is 5. The molecule has 0 aliphatic carbocycles. The molecule has 0 bridgehead atoms. The van der Waals surface area contributed by atoms with Crippen LogP contribution in [-0.2, 0) is 20.8 Å². The van der Waals surface area contributed by atoms with Gasteiger partial charge in [0.1, 0.15) is 6.04 Å². The maximum atomic E-state index is 13.1. The molecule has 2 aliphatic rings. The number of para-hydroxylation sites is 1. The molecule has 3 amide bonds. The van der Waals surface area contributed by atoms with Crippen LogP contribution < -0.4 is 10.4 Å². The predicted octanol–water partition coefficient (Wildman–Crippen LogP) is 2.02. The van der Waals surface area contributed by atoms with Gasteiger partial charge in [-0.3, -0.25) is 19.8 Å². The van der Waals surface area contributed by atoms with E-state index in [4.69, 9.17) is 0 Å². The van der Waals surface area contributed by atoms with Crippen LogP contribution in [0.2, 0.25) is 0 Å². The average Bonchev–Trinajstić information content (AvgIpc) is 2.86. The minimum atomic E-state index is -0.655. The van der Waals surface area contributed by atoms with Gasteiger partial charge in [-0.25, -0.2) is 10.0 Å². The lowest BCUT2D eigenvalue weighted by atomic mass is 10.1. The van der Waals surface area contributed by atoms with Crippen LogP contribution in [0.25, 0.3) is 0 Å². The van der Waals surface area contributed by atoms with Crippen molar-refractivity contribution >= 4 is 29.2 Å². The predicted molar refractivity (Wildman–Crippen MR) is 127 cm³/mol. The van der Waals surface area contributed by atoms with E-state index in [2.05, 4.69) is 22.6 Å². The van der Waals surface area contributed by atoms with Gasteiger partial charge in [-0.05, 0) is 37.5 Å². The molecule has 2 aromatic carbocycles. The third-order valence-corrected chi connectivity index (χ3v) is 5.95. The van der Waals surface area contributed by atoms with Gasteiger partial charge in [-0.2, -0.15) is 0 Å². The largest absolute Gasteiger partial charge is 0.339 e. The molecule has 4 rings (SSSR count). The fraction of sp³-hybridized carbons (Fsp3) is 0.360. The summed E-state index contributed by atoms with van der Waals surface area (Å²) >= 11 is 0. The quantitative estimate of drug-likeness (QED) is 0.734. The Kier molecular flexibility index (Phi) is 7.02. The highest BCUT2D eigenvalue weighted by Crippen LogP contribution is 2.17. The zero-order valence-corrected chi connectivity index (χ0v) is 18.8. The number of carbonyl (C=O) groups is 3. The molecule has 0 saturated carbocycles. The Morgan fingerprint density at radius 2 is 1.55 bits per heavy atom. The summed E-state index contributed by atoms with van der Waals surface area (Å²) in [5.41, 5.74) is 4.77. The Hall–Kier alpha value is -3.68. The summed E-state index contributed by atoms with van der Waals surface area (Å²) in [5.74, 6) is -0.204. The Bertz CT molecular complexity index is 1020. The standard InChI is InChI=1S/C25H29N5O3/c1-19-24(32)30(21-12-6-3-7-13-21)27-23(26-19)25(33)29-17-15-28(16-18-29)22(31)14-8-11-20-9-4-2-5-10-20/h2-7,9-10,12-13,19H,8,11,14-18H2,1H3,(H,26,27). The molecule has 1 N–H and O–H groups in total. The summed E-state index contributed by atoms with van der Waals surface area (Å²) in [6, 6.07) is 18.6. The van der Waals surface area contributed by atoms with Crippen LogP contribution in [0, 0.1) is 0 Å². The number of nitrogens with zero attached hydrogens (tertiary/aromatic N) is 4. The smallest absolute Gasteiger partial charge is 0.290 e. The van der Waals surface area contributed by atoms with Crippen molar-refractivity contribution in [2.75, 3.05) is 31.2 Å². The molecule has 0 spiro atoms. The SMILES string of the molecule is CC1N=C(C(=O)N2CCN(C(=O)CCCc3ccccc3)CC2)NN(c2ccccc2)C1=O. The Balaban J connectivity index is 1.29. The second-order valence-corrected chi connectivity index (χ2v) is 8.29. The number of anilines is 1. The van der Waals surface area contributed by atoms with E-state index in [1.807, 2.05) is 41.3 Å². The summed E-state index contributed by atoms with van der Waals surface area (Å²) in [5, 5.41) is 1.37. The lowest BCUT2D eigenvalue weighted by Crippen LogP contribution is -2.60. The molecule has 1 fully saturated rings. The van der Waals surface area contributed by atoms with Crippen LogP contribution in [0.1, 0.15) is 25.3 Å². The fourth-order valence-electron chi connectivity index (χ4n) is 4.05. The van der Waals surface area contributed by atoms with Crippen LogP contribution in [0.3, 0.4) is 0 Å². The molecule has 0 aromatic heterocycles. The Morgan fingerprint density at radius 1 is 0.939 bits per heavy atom. The van der Waals surface area contributed by atoms with E-state index < -0.39 is 6.04 Å². The summed E-state index contributed by atoms with van der Waals surface area (Å²) in [4.78, 5) is 46.0. The van der Waals surface area contributed by atoms with Gasteiger partial charge in [0, 0.05) is 32.6 Å². The van der Waals surface area contributed by atoms with Gasteiger partial charge in [-0.15, -0.1) is 0 Å². The average molecular weight is 448 g/mol. The number of rotatable bonds is 6. The first kappa shape index (κ1) is 22.5. The van der Waals surface area contributed by atoms with E-state index in [1.54, 1.807) is 24.0 Å². The number of amidine groups is 1. The van der Waals surface area contributed by atoms with Gasteiger partial charge in [-0.1, -0.05) is 48.5 Å². The van der Waals surface area contributed by atoms with E-state index >= 15 is 0 Å². The van der Waals surface area contributed by atoms with E-state index in [1.165, 1.54) is 10.6 Å². The van der Waals surface area contributed by atoms with Gasteiger partial charge < -0.3 is 9.80 Å². The minimum Gasteiger partial charge on any atom is -0.339 e. The molecule has 1 saturated heterocycles. The third-order valence-electron chi connectivity index (χ3n) is 5.95. The number of benzene rings is 2. The third kappa shape index (κ3) is 5.39. The first-order chi connectivity index (χ1) is 16.0. The van der Waals surface area contributed by atoms with Crippen molar-refractivity contribution in [3.05, 3.63) is 66.2 Å². The maximum Gasteiger partial charge on any atom is 0.290 e. The van der Waals surface area contributed by atoms with Crippen molar-refractivity contribution in [3.63, 3.8) is 0 Å².